The number of amides is 2. The van der Waals surface area contributed by atoms with Gasteiger partial charge in [-0.25, -0.2) is 0 Å². The van der Waals surface area contributed by atoms with Gasteiger partial charge in [0.1, 0.15) is 11.5 Å². The molecule has 2 atom stereocenters. The molecule has 1 aliphatic carbocycles. The van der Waals surface area contributed by atoms with E-state index in [2.05, 4.69) is 10.6 Å². The Morgan fingerprint density at radius 2 is 1.62 bits per heavy atom. The molecule has 1 aliphatic rings. The van der Waals surface area contributed by atoms with E-state index < -0.39 is 0 Å². The number of anilines is 2. The van der Waals surface area contributed by atoms with Crippen molar-refractivity contribution in [2.24, 2.45) is 11.7 Å². The first kappa shape index (κ1) is 20.7. The van der Waals surface area contributed by atoms with Gasteiger partial charge in [-0.1, -0.05) is 24.6 Å². The van der Waals surface area contributed by atoms with Crippen LogP contribution in [0.5, 0.6) is 11.5 Å². The summed E-state index contributed by atoms with van der Waals surface area (Å²) in [5.74, 6) is 0.667. The van der Waals surface area contributed by atoms with Crippen LogP contribution in [-0.4, -0.2) is 32.1 Å². The molecule has 2 aromatic rings. The zero-order valence-electron chi connectivity index (χ0n) is 16.7. The normalized spacial score (nSPS) is 18.2. The smallest absolute Gasteiger partial charge is 0.255 e. The number of rotatable bonds is 7. The van der Waals surface area contributed by atoms with Crippen LogP contribution in [0.25, 0.3) is 0 Å². The van der Waals surface area contributed by atoms with Gasteiger partial charge in [0.15, 0.2) is 0 Å². The second-order valence-electron chi connectivity index (χ2n) is 7.18. The molecule has 0 aromatic heterocycles. The lowest BCUT2D eigenvalue weighted by atomic mass is 10.00. The number of ether oxygens (including phenoxy) is 2. The summed E-state index contributed by atoms with van der Waals surface area (Å²) in [6.45, 7) is 0. The summed E-state index contributed by atoms with van der Waals surface area (Å²) in [5.41, 5.74) is 7.54. The first-order valence-corrected chi connectivity index (χ1v) is 9.69. The largest absolute Gasteiger partial charge is 0.494 e. The predicted octanol–water partition coefficient (Wildman–Crippen LogP) is 3.41. The average Bonchev–Trinajstić information content (AvgIpc) is 3.13. The Hall–Kier alpha value is -3.06. The Balaban J connectivity index is 1.77. The standard InChI is InChI=1S/C22H27N3O4/c1-28-19-13-18(25-22(27)14-7-4-3-5-8-14)20(29-2)12-17(19)24-21(26)11-15-9-6-10-16(15)23/h3-5,7-8,12-13,15-16H,6,9-11,23H2,1-2H3,(H,24,26)(H,25,27)/t15-,16+/m0/s1. The zero-order valence-corrected chi connectivity index (χ0v) is 16.7. The summed E-state index contributed by atoms with van der Waals surface area (Å²) in [4.78, 5) is 25.0. The molecule has 4 N–H and O–H groups in total. The Morgan fingerprint density at radius 1 is 1.00 bits per heavy atom. The fourth-order valence-corrected chi connectivity index (χ4v) is 3.64. The topological polar surface area (TPSA) is 103 Å². The summed E-state index contributed by atoms with van der Waals surface area (Å²) in [7, 11) is 3.01. The minimum atomic E-state index is -0.266. The van der Waals surface area contributed by atoms with Gasteiger partial charge in [-0.15, -0.1) is 0 Å². The molecule has 0 unspecified atom stereocenters. The summed E-state index contributed by atoms with van der Waals surface area (Å²) in [5, 5.41) is 5.71. The maximum atomic E-state index is 12.5. The van der Waals surface area contributed by atoms with E-state index in [9.17, 15) is 9.59 Å². The van der Waals surface area contributed by atoms with Crippen LogP contribution in [0.1, 0.15) is 36.0 Å². The average molecular weight is 397 g/mol. The van der Waals surface area contributed by atoms with E-state index in [-0.39, 0.29) is 23.8 Å². The van der Waals surface area contributed by atoms with E-state index in [0.717, 1.165) is 19.3 Å². The number of nitrogens with one attached hydrogen (secondary N) is 2. The molecule has 2 amide bonds. The van der Waals surface area contributed by atoms with E-state index in [4.69, 9.17) is 15.2 Å². The number of carbonyl (C=O) groups excluding carboxylic acids is 2. The second kappa shape index (κ2) is 9.43. The molecule has 154 valence electrons. The molecule has 0 spiro atoms. The second-order valence-corrected chi connectivity index (χ2v) is 7.18. The molecular formula is C22H27N3O4. The van der Waals surface area contributed by atoms with Crippen LogP contribution in [0, 0.1) is 5.92 Å². The fourth-order valence-electron chi connectivity index (χ4n) is 3.64. The van der Waals surface area contributed by atoms with E-state index in [1.54, 1.807) is 36.4 Å². The van der Waals surface area contributed by atoms with Gasteiger partial charge in [0, 0.05) is 30.2 Å². The number of carbonyl (C=O) groups is 2. The molecule has 0 bridgehead atoms. The van der Waals surface area contributed by atoms with Crippen LogP contribution >= 0.6 is 0 Å². The van der Waals surface area contributed by atoms with Gasteiger partial charge in [0.05, 0.1) is 25.6 Å². The fraction of sp³-hybridized carbons (Fsp3) is 0.364. The van der Waals surface area contributed by atoms with Crippen molar-refractivity contribution >= 4 is 23.2 Å². The molecule has 1 fully saturated rings. The summed E-state index contributed by atoms with van der Waals surface area (Å²) in [6.07, 6.45) is 3.37. The first-order chi connectivity index (χ1) is 14.0. The third-order valence-electron chi connectivity index (χ3n) is 5.25. The predicted molar refractivity (Wildman–Crippen MR) is 113 cm³/mol. The van der Waals surface area contributed by atoms with Crippen molar-refractivity contribution in [3.63, 3.8) is 0 Å². The number of benzene rings is 2. The molecule has 0 aliphatic heterocycles. The zero-order chi connectivity index (χ0) is 20.8. The Labute approximate surface area is 170 Å². The number of hydrogen-bond acceptors (Lipinski definition) is 5. The van der Waals surface area contributed by atoms with Crippen LogP contribution in [0.4, 0.5) is 11.4 Å². The molecule has 7 nitrogen and oxygen atoms in total. The highest BCUT2D eigenvalue weighted by molar-refractivity contribution is 6.05. The third kappa shape index (κ3) is 5.06. The van der Waals surface area contributed by atoms with Crippen molar-refractivity contribution < 1.29 is 19.1 Å². The lowest BCUT2D eigenvalue weighted by Crippen LogP contribution is -2.28. The van der Waals surface area contributed by atoms with Crippen molar-refractivity contribution in [1.29, 1.82) is 0 Å². The molecule has 3 rings (SSSR count). The molecule has 0 saturated heterocycles. The van der Waals surface area contributed by atoms with Gasteiger partial charge in [-0.2, -0.15) is 0 Å². The number of nitrogens with two attached hydrogens (primary N) is 1. The molecule has 2 aromatic carbocycles. The molecule has 29 heavy (non-hydrogen) atoms. The Kier molecular flexibility index (Phi) is 6.72. The third-order valence-corrected chi connectivity index (χ3v) is 5.25. The number of hydrogen-bond donors (Lipinski definition) is 3. The quantitative estimate of drug-likeness (QED) is 0.664. The van der Waals surface area contributed by atoms with E-state index in [1.807, 2.05) is 6.07 Å². The van der Waals surface area contributed by atoms with Gasteiger partial charge in [-0.3, -0.25) is 9.59 Å². The highest BCUT2D eigenvalue weighted by Gasteiger charge is 2.26. The van der Waals surface area contributed by atoms with Gasteiger partial charge in [0.25, 0.3) is 5.91 Å². The van der Waals surface area contributed by atoms with Gasteiger partial charge < -0.3 is 25.8 Å². The maximum absolute atomic E-state index is 12.5. The van der Waals surface area contributed by atoms with E-state index >= 15 is 0 Å². The van der Waals surface area contributed by atoms with Gasteiger partial charge in [-0.05, 0) is 30.9 Å². The van der Waals surface area contributed by atoms with Crippen molar-refractivity contribution in [2.75, 3.05) is 24.9 Å². The minimum absolute atomic E-state index is 0.0766. The van der Waals surface area contributed by atoms with Crippen LogP contribution in [0.2, 0.25) is 0 Å². The van der Waals surface area contributed by atoms with Crippen LogP contribution in [0.15, 0.2) is 42.5 Å². The lowest BCUT2D eigenvalue weighted by molar-refractivity contribution is -0.117. The van der Waals surface area contributed by atoms with E-state index in [0.29, 0.717) is 34.9 Å². The van der Waals surface area contributed by atoms with E-state index in [1.165, 1.54) is 14.2 Å². The summed E-state index contributed by atoms with van der Waals surface area (Å²) in [6, 6.07) is 12.2. The molecule has 0 heterocycles. The number of methoxy groups -OCH3 is 2. The Bertz CT molecular complexity index is 870. The maximum Gasteiger partial charge on any atom is 0.255 e. The van der Waals surface area contributed by atoms with Crippen LogP contribution < -0.4 is 25.8 Å². The van der Waals surface area contributed by atoms with Gasteiger partial charge >= 0.3 is 0 Å². The first-order valence-electron chi connectivity index (χ1n) is 9.69. The molecular weight excluding hydrogens is 370 g/mol. The van der Waals surface area contributed by atoms with Crippen molar-refractivity contribution in [3.8, 4) is 11.5 Å². The monoisotopic (exact) mass is 397 g/mol. The van der Waals surface area contributed by atoms with Crippen LogP contribution in [-0.2, 0) is 4.79 Å². The molecule has 7 heteroatoms. The van der Waals surface area contributed by atoms with Crippen LogP contribution in [0.3, 0.4) is 0 Å². The highest BCUT2D eigenvalue weighted by atomic mass is 16.5. The molecule has 1 saturated carbocycles. The van der Waals surface area contributed by atoms with Crippen molar-refractivity contribution in [3.05, 3.63) is 48.0 Å². The highest BCUT2D eigenvalue weighted by Crippen LogP contribution is 2.37. The lowest BCUT2D eigenvalue weighted by Gasteiger charge is -2.18. The SMILES string of the molecule is COc1cc(NC(=O)c2ccccc2)c(OC)cc1NC(=O)C[C@@H]1CCC[C@H]1N. The summed E-state index contributed by atoms with van der Waals surface area (Å²) < 4.78 is 10.8. The summed E-state index contributed by atoms with van der Waals surface area (Å²) >= 11 is 0. The Morgan fingerprint density at radius 3 is 2.17 bits per heavy atom. The van der Waals surface area contributed by atoms with Gasteiger partial charge in [0.2, 0.25) is 5.91 Å². The van der Waals surface area contributed by atoms with Crippen molar-refractivity contribution in [2.45, 2.75) is 31.7 Å². The minimum Gasteiger partial charge on any atom is -0.494 e. The molecule has 0 radical (unpaired) electrons. The van der Waals surface area contributed by atoms with Crippen molar-refractivity contribution in [1.82, 2.24) is 0 Å².